The fraction of sp³-hybridized carbons (Fsp3) is 0.571. The lowest BCUT2D eigenvalue weighted by Crippen LogP contribution is -2.14. The first-order valence-corrected chi connectivity index (χ1v) is 6.60. The molecule has 1 aromatic heterocycles. The maximum Gasteiger partial charge on any atom is 0.217 e. The Hall–Kier alpha value is -1.58. The molecular formula is C14H20N2O2. The highest BCUT2D eigenvalue weighted by Gasteiger charge is 2.22. The Morgan fingerprint density at radius 3 is 2.89 bits per heavy atom. The zero-order valence-electron chi connectivity index (χ0n) is 10.9. The standard InChI is InChI=1S/C14H20N2O2/c1-10-9-11-12(5-4-6-13(11)17)16(10)8-3-2-7-14(15)18/h9H,2-8H2,1H3,(H2,15,18). The fourth-order valence-corrected chi connectivity index (χ4v) is 2.67. The van der Waals surface area contributed by atoms with E-state index in [0.29, 0.717) is 12.8 Å². The van der Waals surface area contributed by atoms with Crippen molar-refractivity contribution in [3.63, 3.8) is 0 Å². The summed E-state index contributed by atoms with van der Waals surface area (Å²) in [4.78, 5) is 22.5. The van der Waals surface area contributed by atoms with E-state index in [-0.39, 0.29) is 11.7 Å². The van der Waals surface area contributed by atoms with Crippen LogP contribution < -0.4 is 5.73 Å². The minimum atomic E-state index is -0.239. The molecule has 0 saturated carbocycles. The van der Waals surface area contributed by atoms with Crippen molar-refractivity contribution in [2.24, 2.45) is 5.73 Å². The van der Waals surface area contributed by atoms with Crippen LogP contribution in [0.2, 0.25) is 0 Å². The van der Waals surface area contributed by atoms with Gasteiger partial charge < -0.3 is 10.3 Å². The normalized spacial score (nSPS) is 14.6. The summed E-state index contributed by atoms with van der Waals surface area (Å²) in [7, 11) is 0. The van der Waals surface area contributed by atoms with Gasteiger partial charge in [0, 0.05) is 36.3 Å². The Morgan fingerprint density at radius 1 is 1.39 bits per heavy atom. The monoisotopic (exact) mass is 248 g/mol. The molecule has 2 N–H and O–H groups in total. The molecule has 0 aromatic carbocycles. The van der Waals surface area contributed by atoms with Crippen LogP contribution in [0, 0.1) is 6.92 Å². The average Bonchev–Trinajstić information content (AvgIpc) is 2.63. The number of rotatable bonds is 5. The predicted octanol–water partition coefficient (Wildman–Crippen LogP) is 1.97. The minimum Gasteiger partial charge on any atom is -0.370 e. The maximum atomic E-state index is 11.8. The summed E-state index contributed by atoms with van der Waals surface area (Å²) in [5.41, 5.74) is 8.36. The topological polar surface area (TPSA) is 65.1 Å². The van der Waals surface area contributed by atoms with Crippen LogP contribution in [0.5, 0.6) is 0 Å². The molecule has 1 heterocycles. The van der Waals surface area contributed by atoms with Crippen LogP contribution >= 0.6 is 0 Å². The van der Waals surface area contributed by atoms with Crippen molar-refractivity contribution in [3.05, 3.63) is 23.0 Å². The third-order valence-electron chi connectivity index (χ3n) is 3.59. The van der Waals surface area contributed by atoms with Gasteiger partial charge in [-0.05, 0) is 38.7 Å². The van der Waals surface area contributed by atoms with Crippen molar-refractivity contribution in [2.75, 3.05) is 0 Å². The number of carbonyl (C=O) groups is 2. The highest BCUT2D eigenvalue weighted by atomic mass is 16.1. The van der Waals surface area contributed by atoms with Crippen molar-refractivity contribution in [3.8, 4) is 0 Å². The van der Waals surface area contributed by atoms with Crippen LogP contribution in [0.3, 0.4) is 0 Å². The van der Waals surface area contributed by atoms with E-state index in [4.69, 9.17) is 5.73 Å². The average molecular weight is 248 g/mol. The second-order valence-electron chi connectivity index (χ2n) is 5.00. The molecule has 0 saturated heterocycles. The molecule has 98 valence electrons. The molecule has 0 spiro atoms. The van der Waals surface area contributed by atoms with E-state index in [1.807, 2.05) is 13.0 Å². The largest absolute Gasteiger partial charge is 0.370 e. The predicted molar refractivity (Wildman–Crippen MR) is 69.5 cm³/mol. The van der Waals surface area contributed by atoms with Gasteiger partial charge in [-0.15, -0.1) is 0 Å². The molecule has 2 rings (SSSR count). The van der Waals surface area contributed by atoms with Crippen LogP contribution in [0.1, 0.15) is 53.8 Å². The van der Waals surface area contributed by atoms with E-state index in [0.717, 1.165) is 43.5 Å². The summed E-state index contributed by atoms with van der Waals surface area (Å²) < 4.78 is 2.23. The molecule has 1 aromatic rings. The SMILES string of the molecule is Cc1cc2c(n1CCCCC(N)=O)CCCC2=O. The Bertz CT molecular complexity index is 474. The Balaban J connectivity index is 2.04. The van der Waals surface area contributed by atoms with Gasteiger partial charge in [0.1, 0.15) is 0 Å². The van der Waals surface area contributed by atoms with Crippen molar-refractivity contribution in [2.45, 2.75) is 52.0 Å². The Labute approximate surface area is 107 Å². The lowest BCUT2D eigenvalue weighted by molar-refractivity contribution is -0.118. The second-order valence-corrected chi connectivity index (χ2v) is 5.00. The van der Waals surface area contributed by atoms with Crippen molar-refractivity contribution in [1.82, 2.24) is 4.57 Å². The molecule has 1 amide bonds. The van der Waals surface area contributed by atoms with Crippen LogP contribution in [0.4, 0.5) is 0 Å². The van der Waals surface area contributed by atoms with E-state index in [9.17, 15) is 9.59 Å². The van der Waals surface area contributed by atoms with Gasteiger partial charge in [-0.1, -0.05) is 0 Å². The highest BCUT2D eigenvalue weighted by molar-refractivity contribution is 5.98. The van der Waals surface area contributed by atoms with E-state index in [1.165, 1.54) is 5.69 Å². The van der Waals surface area contributed by atoms with Gasteiger partial charge in [0.25, 0.3) is 0 Å². The molecule has 0 bridgehead atoms. The number of unbranched alkanes of at least 4 members (excludes halogenated alkanes) is 1. The molecule has 1 aliphatic rings. The molecule has 4 nitrogen and oxygen atoms in total. The zero-order chi connectivity index (χ0) is 13.1. The van der Waals surface area contributed by atoms with E-state index in [2.05, 4.69) is 4.57 Å². The van der Waals surface area contributed by atoms with Crippen LogP contribution in [0.25, 0.3) is 0 Å². The number of carbonyl (C=O) groups excluding carboxylic acids is 2. The molecule has 4 heteroatoms. The number of aryl methyl sites for hydroxylation is 1. The Morgan fingerprint density at radius 2 is 2.17 bits per heavy atom. The molecule has 18 heavy (non-hydrogen) atoms. The zero-order valence-corrected chi connectivity index (χ0v) is 10.9. The number of nitrogens with two attached hydrogens (primary N) is 1. The quantitative estimate of drug-likeness (QED) is 0.810. The molecule has 0 unspecified atom stereocenters. The summed E-state index contributed by atoms with van der Waals surface area (Å²) in [5.74, 6) is 0.0340. The molecule has 0 atom stereocenters. The van der Waals surface area contributed by atoms with Crippen LogP contribution in [-0.2, 0) is 17.8 Å². The van der Waals surface area contributed by atoms with Crippen molar-refractivity contribution >= 4 is 11.7 Å². The first-order chi connectivity index (χ1) is 8.59. The molecule has 1 aliphatic carbocycles. The molecule has 0 radical (unpaired) electrons. The summed E-state index contributed by atoms with van der Waals surface area (Å²) in [6.45, 7) is 2.92. The minimum absolute atomic E-state index is 0.239. The van der Waals surface area contributed by atoms with Gasteiger partial charge in [0.15, 0.2) is 5.78 Å². The second kappa shape index (κ2) is 5.38. The summed E-state index contributed by atoms with van der Waals surface area (Å²) in [6.07, 6.45) is 4.82. The summed E-state index contributed by atoms with van der Waals surface area (Å²) in [6, 6.07) is 2.00. The van der Waals surface area contributed by atoms with Gasteiger partial charge in [0.2, 0.25) is 5.91 Å². The van der Waals surface area contributed by atoms with Gasteiger partial charge in [0.05, 0.1) is 0 Å². The summed E-state index contributed by atoms with van der Waals surface area (Å²) in [5, 5.41) is 0. The number of amides is 1. The fourth-order valence-electron chi connectivity index (χ4n) is 2.67. The van der Waals surface area contributed by atoms with Crippen molar-refractivity contribution < 1.29 is 9.59 Å². The smallest absolute Gasteiger partial charge is 0.217 e. The lowest BCUT2D eigenvalue weighted by Gasteiger charge is -2.15. The first-order valence-electron chi connectivity index (χ1n) is 6.60. The number of aromatic nitrogens is 1. The van der Waals surface area contributed by atoms with Crippen LogP contribution in [-0.4, -0.2) is 16.3 Å². The van der Waals surface area contributed by atoms with Gasteiger partial charge >= 0.3 is 0 Å². The number of Topliss-reactive ketones (excluding diaryl/α,β-unsaturated/α-hetero) is 1. The molecule has 0 fully saturated rings. The number of hydrogen-bond donors (Lipinski definition) is 1. The first kappa shape index (κ1) is 12.9. The lowest BCUT2D eigenvalue weighted by atomic mass is 9.96. The van der Waals surface area contributed by atoms with Crippen LogP contribution in [0.15, 0.2) is 6.07 Å². The summed E-state index contributed by atoms with van der Waals surface area (Å²) >= 11 is 0. The Kier molecular flexibility index (Phi) is 3.84. The van der Waals surface area contributed by atoms with E-state index >= 15 is 0 Å². The number of ketones is 1. The number of fused-ring (bicyclic) bond motifs is 1. The number of nitrogens with zero attached hydrogens (tertiary/aromatic N) is 1. The highest BCUT2D eigenvalue weighted by Crippen LogP contribution is 2.25. The number of hydrogen-bond acceptors (Lipinski definition) is 2. The molecule has 0 aliphatic heterocycles. The van der Waals surface area contributed by atoms with Crippen molar-refractivity contribution in [1.29, 1.82) is 0 Å². The van der Waals surface area contributed by atoms with E-state index < -0.39 is 0 Å². The van der Waals surface area contributed by atoms with E-state index in [1.54, 1.807) is 0 Å². The van der Waals surface area contributed by atoms with Gasteiger partial charge in [-0.3, -0.25) is 9.59 Å². The van der Waals surface area contributed by atoms with Gasteiger partial charge in [-0.2, -0.15) is 0 Å². The number of primary amides is 1. The third-order valence-corrected chi connectivity index (χ3v) is 3.59. The molecular weight excluding hydrogens is 228 g/mol. The van der Waals surface area contributed by atoms with Gasteiger partial charge in [-0.25, -0.2) is 0 Å². The third kappa shape index (κ3) is 2.63. The maximum absolute atomic E-state index is 11.8.